The predicted molar refractivity (Wildman–Crippen MR) is 82.1 cm³/mol. The van der Waals surface area contributed by atoms with Crippen molar-refractivity contribution in [1.82, 2.24) is 4.90 Å². The zero-order valence-electron chi connectivity index (χ0n) is 12.7. The van der Waals surface area contributed by atoms with Gasteiger partial charge in [-0.3, -0.25) is 4.79 Å². The third-order valence-corrected chi connectivity index (χ3v) is 4.59. The van der Waals surface area contributed by atoms with Gasteiger partial charge in [0.1, 0.15) is 0 Å². The van der Waals surface area contributed by atoms with Gasteiger partial charge in [0.25, 0.3) is 0 Å². The van der Waals surface area contributed by atoms with E-state index in [9.17, 15) is 4.79 Å². The van der Waals surface area contributed by atoms with E-state index in [1.54, 1.807) is 0 Å². The maximum absolute atomic E-state index is 12.6. The van der Waals surface area contributed by atoms with Crippen molar-refractivity contribution >= 4 is 5.91 Å². The van der Waals surface area contributed by atoms with Crippen LogP contribution in [0.3, 0.4) is 0 Å². The van der Waals surface area contributed by atoms with E-state index in [0.29, 0.717) is 26.3 Å². The number of ether oxygens (including phenoxy) is 1. The molecule has 0 aromatic heterocycles. The maximum Gasteiger partial charge on any atom is 0.229 e. The molecule has 0 radical (unpaired) electrons. The van der Waals surface area contributed by atoms with E-state index in [0.717, 1.165) is 24.8 Å². The fraction of sp³-hybridized carbons (Fsp3) is 0.588. The number of nitrogens with two attached hydrogens (primary N) is 1. The van der Waals surface area contributed by atoms with Crippen LogP contribution in [0.2, 0.25) is 0 Å². The summed E-state index contributed by atoms with van der Waals surface area (Å²) < 4.78 is 5.31. The van der Waals surface area contributed by atoms with E-state index in [2.05, 4.69) is 12.1 Å². The molecule has 1 aromatic rings. The Balaban J connectivity index is 1.69. The molecule has 4 nitrogen and oxygen atoms in total. The number of hydrogen-bond donors (Lipinski definition) is 1. The zero-order chi connectivity index (χ0) is 14.9. The normalized spacial score (nSPS) is 21.9. The highest BCUT2D eigenvalue weighted by Gasteiger charge is 2.38. The first-order valence-corrected chi connectivity index (χ1v) is 7.82. The monoisotopic (exact) mass is 288 g/mol. The fourth-order valence-electron chi connectivity index (χ4n) is 2.92. The molecule has 1 saturated carbocycles. The quantitative estimate of drug-likeness (QED) is 0.917. The van der Waals surface area contributed by atoms with Crippen LogP contribution in [0.4, 0.5) is 0 Å². The molecule has 4 heteroatoms. The van der Waals surface area contributed by atoms with E-state index in [1.165, 1.54) is 5.56 Å². The number of hydrogen-bond acceptors (Lipinski definition) is 3. The average molecular weight is 288 g/mol. The molecule has 21 heavy (non-hydrogen) atoms. The number of nitrogens with zero attached hydrogens (tertiary/aromatic N) is 1. The molecule has 0 bridgehead atoms. The number of rotatable bonds is 4. The molecule has 1 amide bonds. The molecule has 1 heterocycles. The molecule has 3 rings (SSSR count). The van der Waals surface area contributed by atoms with Crippen molar-refractivity contribution in [3.63, 3.8) is 0 Å². The Labute approximate surface area is 126 Å². The van der Waals surface area contributed by atoms with Crippen LogP contribution in [-0.2, 0) is 16.0 Å². The molecule has 1 aliphatic carbocycles. The van der Waals surface area contributed by atoms with Gasteiger partial charge in [0, 0.05) is 18.6 Å². The Morgan fingerprint density at radius 3 is 2.76 bits per heavy atom. The van der Waals surface area contributed by atoms with Crippen molar-refractivity contribution in [2.24, 2.45) is 5.73 Å². The van der Waals surface area contributed by atoms with Gasteiger partial charge in [0.2, 0.25) is 5.91 Å². The van der Waals surface area contributed by atoms with Crippen molar-refractivity contribution in [2.75, 3.05) is 26.3 Å². The molecule has 1 atom stereocenters. The fourth-order valence-corrected chi connectivity index (χ4v) is 2.92. The lowest BCUT2D eigenvalue weighted by Crippen LogP contribution is -2.42. The van der Waals surface area contributed by atoms with Gasteiger partial charge < -0.3 is 15.4 Å². The van der Waals surface area contributed by atoms with Gasteiger partial charge in [0.05, 0.1) is 19.1 Å². The summed E-state index contributed by atoms with van der Waals surface area (Å²) in [5.41, 5.74) is 8.54. The lowest BCUT2D eigenvalue weighted by atomic mass is 9.95. The molecule has 1 aliphatic heterocycles. The Kier molecular flexibility index (Phi) is 4.00. The molecule has 2 aliphatic rings. The highest BCUT2D eigenvalue weighted by molar-refractivity contribution is 5.83. The second-order valence-corrected chi connectivity index (χ2v) is 6.44. The van der Waals surface area contributed by atoms with E-state index < -0.39 is 0 Å². The van der Waals surface area contributed by atoms with Crippen LogP contribution in [0.5, 0.6) is 0 Å². The van der Waals surface area contributed by atoms with Crippen molar-refractivity contribution < 1.29 is 9.53 Å². The SMILES string of the molecule is CC(C(=O)N1CCOCC1)c1cccc(CC2(N)CC2)c1. The molecule has 2 N–H and O–H groups in total. The van der Waals surface area contributed by atoms with Crippen LogP contribution in [0.25, 0.3) is 0 Å². The van der Waals surface area contributed by atoms with E-state index in [1.807, 2.05) is 24.0 Å². The van der Waals surface area contributed by atoms with Gasteiger partial charge in [-0.1, -0.05) is 24.3 Å². The average Bonchev–Trinajstić information content (AvgIpc) is 3.24. The topological polar surface area (TPSA) is 55.6 Å². The lowest BCUT2D eigenvalue weighted by Gasteiger charge is -2.29. The van der Waals surface area contributed by atoms with Crippen LogP contribution in [-0.4, -0.2) is 42.6 Å². The van der Waals surface area contributed by atoms with Crippen LogP contribution < -0.4 is 5.73 Å². The summed E-state index contributed by atoms with van der Waals surface area (Å²) in [6.45, 7) is 4.69. The van der Waals surface area contributed by atoms with E-state index in [-0.39, 0.29) is 17.4 Å². The number of benzene rings is 1. The van der Waals surface area contributed by atoms with E-state index in [4.69, 9.17) is 10.5 Å². The standard InChI is InChI=1S/C17H24N2O2/c1-13(16(20)19-7-9-21-10-8-19)15-4-2-3-14(11-15)12-17(18)5-6-17/h2-4,11,13H,5-10,12,18H2,1H3. The van der Waals surface area contributed by atoms with Gasteiger partial charge >= 0.3 is 0 Å². The summed E-state index contributed by atoms with van der Waals surface area (Å²) in [7, 11) is 0. The molecule has 1 aromatic carbocycles. The largest absolute Gasteiger partial charge is 0.378 e. The van der Waals surface area contributed by atoms with Crippen molar-refractivity contribution in [1.29, 1.82) is 0 Å². The molecule has 114 valence electrons. The Bertz CT molecular complexity index is 519. The van der Waals surface area contributed by atoms with Crippen molar-refractivity contribution in [3.8, 4) is 0 Å². The second-order valence-electron chi connectivity index (χ2n) is 6.44. The van der Waals surface area contributed by atoms with Crippen molar-refractivity contribution in [3.05, 3.63) is 35.4 Å². The van der Waals surface area contributed by atoms with Gasteiger partial charge in [-0.2, -0.15) is 0 Å². The number of carbonyl (C=O) groups is 1. The summed E-state index contributed by atoms with van der Waals surface area (Å²) in [5, 5.41) is 0. The first-order valence-electron chi connectivity index (χ1n) is 7.82. The summed E-state index contributed by atoms with van der Waals surface area (Å²) in [6.07, 6.45) is 3.14. The summed E-state index contributed by atoms with van der Waals surface area (Å²) in [5.74, 6) is 0.0975. The van der Waals surface area contributed by atoms with Crippen LogP contribution in [0.15, 0.2) is 24.3 Å². The summed E-state index contributed by atoms with van der Waals surface area (Å²) in [6, 6.07) is 8.35. The van der Waals surface area contributed by atoms with Gasteiger partial charge in [-0.25, -0.2) is 0 Å². The van der Waals surface area contributed by atoms with Crippen LogP contribution >= 0.6 is 0 Å². The van der Waals surface area contributed by atoms with Crippen molar-refractivity contribution in [2.45, 2.75) is 37.6 Å². The molecule has 2 fully saturated rings. The Morgan fingerprint density at radius 1 is 1.38 bits per heavy atom. The molecule has 1 unspecified atom stereocenters. The third-order valence-electron chi connectivity index (χ3n) is 4.59. The number of morpholine rings is 1. The van der Waals surface area contributed by atoms with Gasteiger partial charge in [0.15, 0.2) is 0 Å². The Hall–Kier alpha value is -1.39. The Morgan fingerprint density at radius 2 is 2.10 bits per heavy atom. The highest BCUT2D eigenvalue weighted by Crippen LogP contribution is 2.36. The predicted octanol–water partition coefficient (Wildman–Crippen LogP) is 1.68. The second kappa shape index (κ2) is 5.78. The van der Waals surface area contributed by atoms with Gasteiger partial charge in [-0.05, 0) is 37.3 Å². The first-order chi connectivity index (χ1) is 10.1. The minimum absolute atomic E-state index is 0.01000. The van der Waals surface area contributed by atoms with Crippen LogP contribution in [0, 0.1) is 0 Å². The lowest BCUT2D eigenvalue weighted by molar-refractivity contribution is -0.136. The molecular weight excluding hydrogens is 264 g/mol. The molecule has 1 saturated heterocycles. The molecule has 0 spiro atoms. The van der Waals surface area contributed by atoms with Gasteiger partial charge in [-0.15, -0.1) is 0 Å². The third kappa shape index (κ3) is 3.44. The maximum atomic E-state index is 12.6. The minimum Gasteiger partial charge on any atom is -0.378 e. The van der Waals surface area contributed by atoms with Crippen LogP contribution in [0.1, 0.15) is 36.8 Å². The smallest absolute Gasteiger partial charge is 0.229 e. The minimum atomic E-state index is -0.101. The highest BCUT2D eigenvalue weighted by atomic mass is 16.5. The zero-order valence-corrected chi connectivity index (χ0v) is 12.7. The number of carbonyl (C=O) groups excluding carboxylic acids is 1. The molecular formula is C17H24N2O2. The summed E-state index contributed by atoms with van der Waals surface area (Å²) in [4.78, 5) is 14.5. The summed E-state index contributed by atoms with van der Waals surface area (Å²) >= 11 is 0. The first kappa shape index (κ1) is 14.5. The van der Waals surface area contributed by atoms with E-state index >= 15 is 0 Å². The number of amides is 1.